The van der Waals surface area contributed by atoms with Crippen LogP contribution in [-0.4, -0.2) is 34.2 Å². The van der Waals surface area contributed by atoms with Gasteiger partial charge in [-0.05, 0) is 37.8 Å². The Hall–Kier alpha value is -2.90. The van der Waals surface area contributed by atoms with Crippen molar-refractivity contribution in [3.8, 4) is 5.75 Å². The van der Waals surface area contributed by atoms with Crippen LogP contribution in [0.1, 0.15) is 43.7 Å². The van der Waals surface area contributed by atoms with E-state index in [1.165, 1.54) is 13.2 Å². The van der Waals surface area contributed by atoms with Crippen molar-refractivity contribution in [3.05, 3.63) is 47.5 Å². The lowest BCUT2D eigenvalue weighted by atomic mass is 9.84. The zero-order valence-corrected chi connectivity index (χ0v) is 16.8. The van der Waals surface area contributed by atoms with Crippen LogP contribution in [0.15, 0.2) is 30.6 Å². The molecule has 1 unspecified atom stereocenters. The van der Waals surface area contributed by atoms with Crippen LogP contribution in [0.5, 0.6) is 5.75 Å². The van der Waals surface area contributed by atoms with Crippen LogP contribution >= 0.6 is 0 Å². The number of aryl methyl sites for hydroxylation is 1. The van der Waals surface area contributed by atoms with Crippen LogP contribution in [0.4, 0.5) is 4.39 Å². The predicted octanol–water partition coefficient (Wildman–Crippen LogP) is 2.34. The van der Waals surface area contributed by atoms with Gasteiger partial charge in [0.25, 0.3) is 0 Å². The van der Waals surface area contributed by atoms with Gasteiger partial charge < -0.3 is 15.4 Å². The number of ether oxygens (including phenoxy) is 1. The van der Waals surface area contributed by atoms with Crippen LogP contribution in [0, 0.1) is 5.82 Å². The van der Waals surface area contributed by atoms with Crippen molar-refractivity contribution in [1.29, 1.82) is 0 Å². The van der Waals surface area contributed by atoms with Gasteiger partial charge >= 0.3 is 0 Å². The highest BCUT2D eigenvalue weighted by Gasteiger charge is 2.38. The first kappa shape index (κ1) is 20.8. The molecule has 0 bridgehead atoms. The number of carbonyl (C=O) groups is 2. The summed E-state index contributed by atoms with van der Waals surface area (Å²) >= 11 is 0. The van der Waals surface area contributed by atoms with Crippen molar-refractivity contribution in [3.63, 3.8) is 0 Å². The SMILES string of the molecule is CCn1cc(CNC(=O)CCC2(Cc3ccc(OC)cc3F)CCC(=O)N2)cn1. The lowest BCUT2D eigenvalue weighted by Crippen LogP contribution is -2.44. The fraction of sp³-hybridized carbons (Fsp3) is 0.476. The number of amides is 2. The first-order chi connectivity index (χ1) is 13.9. The van der Waals surface area contributed by atoms with Gasteiger partial charge in [0.2, 0.25) is 11.8 Å². The lowest BCUT2D eigenvalue weighted by Gasteiger charge is -2.29. The Morgan fingerprint density at radius 1 is 1.45 bits per heavy atom. The van der Waals surface area contributed by atoms with Crippen molar-refractivity contribution in [2.75, 3.05) is 7.11 Å². The van der Waals surface area contributed by atoms with E-state index < -0.39 is 5.54 Å². The van der Waals surface area contributed by atoms with E-state index >= 15 is 0 Å². The molecule has 1 aliphatic rings. The molecule has 1 aromatic carbocycles. The number of benzene rings is 1. The highest BCUT2D eigenvalue weighted by atomic mass is 19.1. The summed E-state index contributed by atoms with van der Waals surface area (Å²) < 4.78 is 21.3. The number of hydrogen-bond donors (Lipinski definition) is 2. The maximum Gasteiger partial charge on any atom is 0.220 e. The Bertz CT molecular complexity index is 883. The summed E-state index contributed by atoms with van der Waals surface area (Å²) in [4.78, 5) is 24.2. The van der Waals surface area contributed by atoms with Gasteiger partial charge in [-0.1, -0.05) is 6.07 Å². The lowest BCUT2D eigenvalue weighted by molar-refractivity contribution is -0.122. The molecule has 7 nitrogen and oxygen atoms in total. The molecule has 156 valence electrons. The number of aromatic nitrogens is 2. The number of nitrogens with one attached hydrogen (secondary N) is 2. The van der Waals surface area contributed by atoms with E-state index in [4.69, 9.17) is 4.74 Å². The normalized spacial score (nSPS) is 18.5. The third-order valence-corrected chi connectivity index (χ3v) is 5.36. The Labute approximate surface area is 169 Å². The molecule has 2 aromatic rings. The quantitative estimate of drug-likeness (QED) is 0.674. The molecule has 0 spiro atoms. The van der Waals surface area contributed by atoms with Crippen molar-refractivity contribution in [2.45, 2.75) is 57.7 Å². The summed E-state index contributed by atoms with van der Waals surface area (Å²) in [5.41, 5.74) is 0.821. The fourth-order valence-corrected chi connectivity index (χ4v) is 3.66. The molecule has 1 fully saturated rings. The number of rotatable bonds is 9. The first-order valence-electron chi connectivity index (χ1n) is 9.84. The van der Waals surface area contributed by atoms with Crippen molar-refractivity contribution < 1.29 is 18.7 Å². The molecule has 1 saturated heterocycles. The third-order valence-electron chi connectivity index (χ3n) is 5.36. The molecule has 1 aromatic heterocycles. The minimum Gasteiger partial charge on any atom is -0.497 e. The summed E-state index contributed by atoms with van der Waals surface area (Å²) in [5.74, 6) is -0.0972. The summed E-state index contributed by atoms with van der Waals surface area (Å²) in [6.07, 6.45) is 5.62. The molecule has 1 aliphatic heterocycles. The van der Waals surface area contributed by atoms with Gasteiger partial charge in [0.05, 0.1) is 13.3 Å². The molecular formula is C21H27FN4O3. The summed E-state index contributed by atoms with van der Waals surface area (Å²) in [6.45, 7) is 3.18. The molecular weight excluding hydrogens is 375 g/mol. The standard InChI is InChI=1S/C21H27FN4O3/c1-3-26-14-15(13-24-26)12-23-19(27)6-8-21(9-7-20(28)25-21)11-16-4-5-17(29-2)10-18(16)22/h4-5,10,13-14H,3,6-9,11-12H2,1-2H3,(H,23,27)(H,25,28). The zero-order valence-electron chi connectivity index (χ0n) is 16.8. The molecule has 2 N–H and O–H groups in total. The van der Waals surface area contributed by atoms with Gasteiger partial charge in [0.1, 0.15) is 11.6 Å². The van der Waals surface area contributed by atoms with E-state index in [0.29, 0.717) is 43.5 Å². The molecule has 8 heteroatoms. The molecule has 2 heterocycles. The molecule has 3 rings (SSSR count). The van der Waals surface area contributed by atoms with E-state index in [1.807, 2.05) is 13.1 Å². The van der Waals surface area contributed by atoms with Crippen LogP contribution in [0.3, 0.4) is 0 Å². The van der Waals surface area contributed by atoms with E-state index in [2.05, 4.69) is 15.7 Å². The Morgan fingerprint density at radius 2 is 2.28 bits per heavy atom. The summed E-state index contributed by atoms with van der Waals surface area (Å²) in [6, 6.07) is 4.71. The van der Waals surface area contributed by atoms with Crippen molar-refractivity contribution >= 4 is 11.8 Å². The first-order valence-corrected chi connectivity index (χ1v) is 9.84. The Kier molecular flexibility index (Phi) is 6.51. The smallest absolute Gasteiger partial charge is 0.220 e. The zero-order chi connectivity index (χ0) is 20.9. The molecule has 0 radical (unpaired) electrons. The number of carbonyl (C=O) groups excluding carboxylic acids is 2. The second kappa shape index (κ2) is 9.07. The second-order valence-corrected chi connectivity index (χ2v) is 7.44. The van der Waals surface area contributed by atoms with E-state index in [-0.39, 0.29) is 24.1 Å². The Balaban J connectivity index is 1.60. The van der Waals surface area contributed by atoms with Gasteiger partial charge in [0.15, 0.2) is 0 Å². The molecule has 29 heavy (non-hydrogen) atoms. The van der Waals surface area contributed by atoms with Crippen LogP contribution in [0.25, 0.3) is 0 Å². The number of hydrogen-bond acceptors (Lipinski definition) is 4. The van der Waals surface area contributed by atoms with E-state index in [1.54, 1.807) is 23.0 Å². The number of nitrogens with zero attached hydrogens (tertiary/aromatic N) is 2. The Morgan fingerprint density at radius 3 is 2.90 bits per heavy atom. The minimum absolute atomic E-state index is 0.0636. The van der Waals surface area contributed by atoms with Gasteiger partial charge in [-0.3, -0.25) is 14.3 Å². The predicted molar refractivity (Wildman–Crippen MR) is 106 cm³/mol. The van der Waals surface area contributed by atoms with E-state index in [9.17, 15) is 14.0 Å². The average Bonchev–Trinajstić information content (AvgIpc) is 3.33. The van der Waals surface area contributed by atoms with Gasteiger partial charge in [-0.25, -0.2) is 4.39 Å². The van der Waals surface area contributed by atoms with Crippen LogP contribution < -0.4 is 15.4 Å². The van der Waals surface area contributed by atoms with Crippen molar-refractivity contribution in [2.24, 2.45) is 0 Å². The molecule has 0 aliphatic carbocycles. The van der Waals surface area contributed by atoms with E-state index in [0.717, 1.165) is 12.1 Å². The minimum atomic E-state index is -0.614. The summed E-state index contributed by atoms with van der Waals surface area (Å²) in [5, 5.41) is 10.0. The monoisotopic (exact) mass is 402 g/mol. The van der Waals surface area contributed by atoms with Gasteiger partial charge in [-0.2, -0.15) is 5.10 Å². The fourth-order valence-electron chi connectivity index (χ4n) is 3.66. The topological polar surface area (TPSA) is 85.2 Å². The number of methoxy groups -OCH3 is 1. The van der Waals surface area contributed by atoms with Crippen LogP contribution in [0.2, 0.25) is 0 Å². The molecule has 2 amide bonds. The third kappa shape index (κ3) is 5.34. The molecule has 0 saturated carbocycles. The highest BCUT2D eigenvalue weighted by molar-refractivity contribution is 5.80. The highest BCUT2D eigenvalue weighted by Crippen LogP contribution is 2.31. The van der Waals surface area contributed by atoms with Crippen LogP contribution in [-0.2, 0) is 29.1 Å². The second-order valence-electron chi connectivity index (χ2n) is 7.44. The van der Waals surface area contributed by atoms with Crippen molar-refractivity contribution in [1.82, 2.24) is 20.4 Å². The maximum atomic E-state index is 14.4. The number of halogens is 1. The summed E-state index contributed by atoms with van der Waals surface area (Å²) in [7, 11) is 1.49. The average molecular weight is 402 g/mol. The van der Waals surface area contributed by atoms with Gasteiger partial charge in [-0.15, -0.1) is 0 Å². The maximum absolute atomic E-state index is 14.4. The van der Waals surface area contributed by atoms with Gasteiger partial charge in [0, 0.05) is 49.3 Å². The largest absolute Gasteiger partial charge is 0.497 e. The molecule has 1 atom stereocenters.